The molecule has 8 aliphatic rings. The molecular weight excluding hydrogens is 897 g/mol. The lowest BCUT2D eigenvalue weighted by Crippen LogP contribution is -2.69. The lowest BCUT2D eigenvalue weighted by atomic mass is 9.33. The predicted octanol–water partition coefficient (Wildman–Crippen LogP) is -1.32. The first-order chi connectivity index (χ1) is 32.0. The van der Waals surface area contributed by atoms with E-state index in [2.05, 4.69) is 27.0 Å². The summed E-state index contributed by atoms with van der Waals surface area (Å²) in [6.07, 6.45) is -20.8. The number of hydrogen-bond donors (Lipinski definition) is 11. The third kappa shape index (κ3) is 8.23. The van der Waals surface area contributed by atoms with Crippen molar-refractivity contribution in [1.29, 1.82) is 0 Å². The van der Waals surface area contributed by atoms with Gasteiger partial charge in [-0.3, -0.25) is 9.59 Å². The number of hydrogen-bond acceptors (Lipinski definition) is 20. The molecule has 4 saturated carbocycles. The van der Waals surface area contributed by atoms with Crippen LogP contribution >= 0.6 is 0 Å². The Morgan fingerprint density at radius 3 is 2.12 bits per heavy atom. The smallest absolute Gasteiger partial charge is 0.314 e. The molecule has 386 valence electrons. The van der Waals surface area contributed by atoms with Crippen LogP contribution in [0.2, 0.25) is 0 Å². The van der Waals surface area contributed by atoms with Crippen LogP contribution < -0.4 is 0 Å². The second-order valence-corrected chi connectivity index (χ2v) is 22.0. The van der Waals surface area contributed by atoms with Gasteiger partial charge in [-0.05, 0) is 91.9 Å². The maximum absolute atomic E-state index is 15.1. The highest BCUT2D eigenvalue weighted by molar-refractivity contribution is 5.78. The van der Waals surface area contributed by atoms with Gasteiger partial charge in [-0.2, -0.15) is 0 Å². The van der Waals surface area contributed by atoms with E-state index in [4.69, 9.17) is 33.2 Å². The van der Waals surface area contributed by atoms with Gasteiger partial charge in [0, 0.05) is 17.8 Å². The number of aliphatic hydroxyl groups is 11. The Morgan fingerprint density at radius 2 is 1.46 bits per heavy atom. The quantitative estimate of drug-likeness (QED) is 0.0798. The van der Waals surface area contributed by atoms with Gasteiger partial charge in [-0.1, -0.05) is 39.5 Å². The van der Waals surface area contributed by atoms with E-state index in [0.29, 0.717) is 50.5 Å². The van der Waals surface area contributed by atoms with Crippen LogP contribution in [-0.2, 0) is 42.7 Å². The molecule has 25 atom stereocenters. The van der Waals surface area contributed by atoms with Crippen molar-refractivity contribution in [3.8, 4) is 0 Å². The molecule has 0 unspecified atom stereocenters. The highest BCUT2D eigenvalue weighted by Crippen LogP contribution is 2.77. The second kappa shape index (κ2) is 19.3. The van der Waals surface area contributed by atoms with Gasteiger partial charge in [0.25, 0.3) is 0 Å². The average Bonchev–Trinajstić information content (AvgIpc) is 3.67. The van der Waals surface area contributed by atoms with Crippen LogP contribution in [0.3, 0.4) is 0 Å². The number of esters is 2. The molecule has 0 radical (unpaired) electrons. The molecule has 0 amide bonds. The van der Waals surface area contributed by atoms with Crippen LogP contribution in [0.15, 0.2) is 24.3 Å². The summed E-state index contributed by atoms with van der Waals surface area (Å²) >= 11 is 0. The molecule has 11 N–H and O–H groups in total. The molecule has 68 heavy (non-hydrogen) atoms. The van der Waals surface area contributed by atoms with E-state index in [-0.39, 0.29) is 49.0 Å². The zero-order valence-corrected chi connectivity index (χ0v) is 39.3. The van der Waals surface area contributed by atoms with Gasteiger partial charge < -0.3 is 89.3 Å². The average molecular weight is 971 g/mol. The Morgan fingerprint density at radius 1 is 0.765 bits per heavy atom. The van der Waals surface area contributed by atoms with Crippen molar-refractivity contribution in [2.24, 2.45) is 51.2 Å². The van der Waals surface area contributed by atoms with Crippen LogP contribution in [-0.4, -0.2) is 193 Å². The van der Waals surface area contributed by atoms with E-state index < -0.39 is 152 Å². The molecule has 4 aliphatic carbocycles. The third-order valence-electron chi connectivity index (χ3n) is 18.8. The molecule has 0 bridgehead atoms. The molecule has 4 saturated heterocycles. The molecule has 4 aliphatic heterocycles. The molecule has 0 aromatic heterocycles. The summed E-state index contributed by atoms with van der Waals surface area (Å²) in [5, 5.41) is 118. The van der Waals surface area contributed by atoms with Crippen molar-refractivity contribution in [2.45, 2.75) is 184 Å². The molecule has 20 heteroatoms. The SMILES string of the molecule is C=C(C)[C@@H]1CC[C@]2(C(=O)O[C@@H]3O[C@H](CO[C@@H]4O[C@H](CO)[C@@H](O[C@@H]5C[C@@H](CO)O[C@@H](O)[C@H]5O)[C@H](O)[C@H]4O)[C@@H](O)[C@H](O)[C@H]3O)CC[C@]3(C)[C@H](C[C@H]4OC(=O)C[C@@H](O)[C@]5(C)[C@@H]4[C@@]3(C)CC[C@H]5C(=C)CO)[C@H]12. The minimum Gasteiger partial charge on any atom is -0.462 e. The highest BCUT2D eigenvalue weighted by atomic mass is 16.7. The summed E-state index contributed by atoms with van der Waals surface area (Å²) in [6.45, 7) is 14.8. The summed E-state index contributed by atoms with van der Waals surface area (Å²) in [7, 11) is 0. The zero-order chi connectivity index (χ0) is 49.6. The van der Waals surface area contributed by atoms with Crippen molar-refractivity contribution < 1.29 is 98.9 Å². The summed E-state index contributed by atoms with van der Waals surface area (Å²) in [4.78, 5) is 28.5. The fourth-order valence-corrected chi connectivity index (χ4v) is 15.0. The lowest BCUT2D eigenvalue weighted by molar-refractivity contribution is -0.342. The van der Waals surface area contributed by atoms with E-state index in [9.17, 15) is 61.0 Å². The second-order valence-electron chi connectivity index (χ2n) is 22.0. The van der Waals surface area contributed by atoms with Gasteiger partial charge in [0.05, 0.1) is 56.6 Å². The van der Waals surface area contributed by atoms with Crippen molar-refractivity contribution in [3.63, 3.8) is 0 Å². The van der Waals surface area contributed by atoms with Gasteiger partial charge in [-0.15, -0.1) is 0 Å². The predicted molar refractivity (Wildman–Crippen MR) is 232 cm³/mol. The van der Waals surface area contributed by atoms with Crippen molar-refractivity contribution >= 4 is 11.9 Å². The number of fused-ring (bicyclic) bond motifs is 4. The Labute approximate surface area is 395 Å². The first-order valence-corrected chi connectivity index (χ1v) is 24.3. The highest BCUT2D eigenvalue weighted by Gasteiger charge is 2.75. The van der Waals surface area contributed by atoms with Crippen LogP contribution in [0.5, 0.6) is 0 Å². The Kier molecular flexibility index (Phi) is 14.8. The first kappa shape index (κ1) is 52.1. The summed E-state index contributed by atoms with van der Waals surface area (Å²) in [5.41, 5.74) is -1.43. The Bertz CT molecular complexity index is 1880. The van der Waals surface area contributed by atoms with Gasteiger partial charge in [0.2, 0.25) is 6.29 Å². The maximum Gasteiger partial charge on any atom is 0.314 e. The van der Waals surface area contributed by atoms with E-state index in [1.807, 2.05) is 13.8 Å². The zero-order valence-electron chi connectivity index (χ0n) is 39.3. The molecule has 4 heterocycles. The molecular formula is C48H74O20. The van der Waals surface area contributed by atoms with Gasteiger partial charge in [-0.25, -0.2) is 0 Å². The fraction of sp³-hybridized carbons (Fsp3) is 0.875. The van der Waals surface area contributed by atoms with E-state index in [0.717, 1.165) is 5.57 Å². The van der Waals surface area contributed by atoms with Crippen molar-refractivity contribution in [3.05, 3.63) is 24.3 Å². The molecule has 8 rings (SSSR count). The summed E-state index contributed by atoms with van der Waals surface area (Å²) in [5.74, 6) is -2.45. The lowest BCUT2D eigenvalue weighted by Gasteiger charge is -2.71. The molecule has 8 fully saturated rings. The largest absolute Gasteiger partial charge is 0.462 e. The Hall–Kier alpha value is -2.22. The number of ether oxygens (including phenoxy) is 7. The van der Waals surface area contributed by atoms with Crippen LogP contribution in [0.25, 0.3) is 0 Å². The standard InChI is InChI=1S/C48H74O20/c1-20(2)23-7-10-48(12-11-45(4)25(32(23)48)14-27-40-46(45,5)9-8-24(21(3)16-49)47(40,6)30(52)15-31(53)64-27)44(61)68-43-37(58)35(56)33(54)29(67-43)19-62-42-38(59)36(57)39(28(18-51)66-42)65-26-13-22(17-50)63-41(60)34(26)55/h22-30,32-43,49-52,54-60H,1,3,7-19H2,2,4-6H3/t22-,23-,24-,25+,26+,27+,28+,29+,30+,32-,33+,34-,35-,36+,37+,38+,39+,40-,41+,42+,43-,45+,46+,47+,48-/m0/s1. The number of aliphatic hydroxyl groups excluding tert-OH is 11. The Balaban J connectivity index is 1.00. The minimum atomic E-state index is -1.90. The van der Waals surface area contributed by atoms with E-state index in [1.54, 1.807) is 0 Å². The van der Waals surface area contributed by atoms with Crippen LogP contribution in [0, 0.1) is 51.2 Å². The van der Waals surface area contributed by atoms with Crippen LogP contribution in [0.4, 0.5) is 0 Å². The fourth-order valence-electron chi connectivity index (χ4n) is 15.0. The van der Waals surface area contributed by atoms with Gasteiger partial charge >= 0.3 is 11.9 Å². The third-order valence-corrected chi connectivity index (χ3v) is 18.8. The van der Waals surface area contributed by atoms with Gasteiger partial charge in [0.1, 0.15) is 61.0 Å². The van der Waals surface area contributed by atoms with E-state index in [1.165, 1.54) is 0 Å². The van der Waals surface area contributed by atoms with Crippen molar-refractivity contribution in [1.82, 2.24) is 0 Å². The van der Waals surface area contributed by atoms with Crippen LogP contribution in [0.1, 0.15) is 85.5 Å². The number of carbonyl (C=O) groups excluding carboxylic acids is 2. The first-order valence-electron chi connectivity index (χ1n) is 24.3. The number of carbonyl (C=O) groups is 2. The molecule has 0 aromatic carbocycles. The molecule has 20 nitrogen and oxygen atoms in total. The molecule has 0 aromatic rings. The van der Waals surface area contributed by atoms with E-state index >= 15 is 4.79 Å². The summed E-state index contributed by atoms with van der Waals surface area (Å²) in [6, 6.07) is 0. The number of rotatable bonds is 12. The van der Waals surface area contributed by atoms with Crippen molar-refractivity contribution in [2.75, 3.05) is 26.4 Å². The normalized spacial score (nSPS) is 52.4. The van der Waals surface area contributed by atoms with Gasteiger partial charge in [0.15, 0.2) is 12.6 Å². The monoisotopic (exact) mass is 970 g/mol. The molecule has 0 spiro atoms. The summed E-state index contributed by atoms with van der Waals surface area (Å²) < 4.78 is 40.8. The topological polar surface area (TPSA) is 321 Å². The number of allylic oxidation sites excluding steroid dienone is 1. The minimum absolute atomic E-state index is 0.105. The maximum atomic E-state index is 15.1.